The van der Waals surface area contributed by atoms with Crippen LogP contribution in [-0.2, 0) is 0 Å². The average Bonchev–Trinajstić information content (AvgIpc) is 3.76. The number of hydrogen-bond acceptors (Lipinski definition) is 7. The predicted molar refractivity (Wildman–Crippen MR) is 156 cm³/mol. The molecule has 4 aromatic rings. The third-order valence-corrected chi connectivity index (χ3v) is 7.37. The summed E-state index contributed by atoms with van der Waals surface area (Å²) in [6, 6.07) is 14.2. The van der Waals surface area contributed by atoms with E-state index in [1.165, 1.54) is 24.0 Å². The summed E-state index contributed by atoms with van der Waals surface area (Å²) in [5.74, 6) is 1.58. The molecule has 39 heavy (non-hydrogen) atoms. The van der Waals surface area contributed by atoms with Crippen LogP contribution in [0.1, 0.15) is 41.6 Å². The van der Waals surface area contributed by atoms with Crippen LogP contribution in [0, 0.1) is 0 Å². The van der Waals surface area contributed by atoms with Crippen LogP contribution >= 0.6 is 0 Å². The van der Waals surface area contributed by atoms with E-state index in [9.17, 15) is 4.79 Å². The summed E-state index contributed by atoms with van der Waals surface area (Å²) in [5, 5.41) is 10.6. The first-order valence-electron chi connectivity index (χ1n) is 13.3. The normalized spacial score (nSPS) is 15.0. The summed E-state index contributed by atoms with van der Waals surface area (Å²) in [7, 11) is 3.17. The summed E-state index contributed by atoms with van der Waals surface area (Å²) >= 11 is 0. The lowest BCUT2D eigenvalue weighted by molar-refractivity contribution is 0.0963. The number of H-pyrrole nitrogens is 1. The molecule has 9 heteroatoms. The van der Waals surface area contributed by atoms with Crippen molar-refractivity contribution in [3.63, 3.8) is 0 Å². The zero-order chi connectivity index (χ0) is 26.8. The number of amides is 1. The van der Waals surface area contributed by atoms with Crippen molar-refractivity contribution in [2.75, 3.05) is 31.3 Å². The minimum absolute atomic E-state index is 0.180. The molecule has 0 atom stereocenters. The Morgan fingerprint density at radius 2 is 1.85 bits per heavy atom. The van der Waals surface area contributed by atoms with Crippen molar-refractivity contribution in [3.05, 3.63) is 65.9 Å². The van der Waals surface area contributed by atoms with Gasteiger partial charge in [0.15, 0.2) is 0 Å². The molecule has 0 unspecified atom stereocenters. The van der Waals surface area contributed by atoms with Crippen LogP contribution in [0.4, 0.5) is 17.5 Å². The van der Waals surface area contributed by atoms with E-state index in [4.69, 9.17) is 14.7 Å². The minimum atomic E-state index is -0.180. The number of fused-ring (bicyclic) bond motifs is 1. The van der Waals surface area contributed by atoms with Crippen molar-refractivity contribution in [1.29, 1.82) is 0 Å². The molecule has 2 aromatic heterocycles. The molecule has 4 N–H and O–H groups in total. The van der Waals surface area contributed by atoms with E-state index >= 15 is 0 Å². The highest BCUT2D eigenvalue weighted by molar-refractivity contribution is 6.02. The van der Waals surface area contributed by atoms with Crippen LogP contribution in [0.5, 0.6) is 5.75 Å². The number of anilines is 3. The van der Waals surface area contributed by atoms with E-state index in [0.717, 1.165) is 47.4 Å². The molecule has 3 heterocycles. The molecule has 6 rings (SSSR count). The average molecular weight is 522 g/mol. The summed E-state index contributed by atoms with van der Waals surface area (Å²) in [6.07, 6.45) is 10.6. The number of aromatic nitrogens is 3. The molecule has 1 saturated carbocycles. The fraction of sp³-hybridized carbons (Fsp3) is 0.267. The zero-order valence-corrected chi connectivity index (χ0v) is 22.0. The lowest BCUT2D eigenvalue weighted by Gasteiger charge is -2.17. The summed E-state index contributed by atoms with van der Waals surface area (Å²) in [4.78, 5) is 29.5. The third-order valence-electron chi connectivity index (χ3n) is 7.37. The summed E-state index contributed by atoms with van der Waals surface area (Å²) in [6.45, 7) is 0.727. The highest BCUT2D eigenvalue weighted by Gasteiger charge is 2.21. The van der Waals surface area contributed by atoms with Crippen LogP contribution < -0.4 is 20.7 Å². The van der Waals surface area contributed by atoms with Crippen molar-refractivity contribution in [1.82, 2.24) is 20.3 Å². The largest absolute Gasteiger partial charge is 0.495 e. The van der Waals surface area contributed by atoms with Crippen LogP contribution in [0.15, 0.2) is 59.7 Å². The molecular weight excluding hydrogens is 490 g/mol. The van der Waals surface area contributed by atoms with Gasteiger partial charge in [-0.3, -0.25) is 9.79 Å². The number of carbonyl (C=O) groups excluding carboxylic acids is 1. The number of rotatable bonds is 8. The Hall–Kier alpha value is -4.66. The quantitative estimate of drug-likeness (QED) is 0.241. The molecule has 1 fully saturated rings. The highest BCUT2D eigenvalue weighted by Crippen LogP contribution is 2.36. The number of nitrogens with zero attached hydrogens (tertiary/aromatic N) is 3. The number of allylic oxidation sites excluding steroid dienone is 1. The monoisotopic (exact) mass is 521 g/mol. The number of methoxy groups -OCH3 is 1. The molecule has 2 aliphatic rings. The Morgan fingerprint density at radius 1 is 1.05 bits per heavy atom. The first-order chi connectivity index (χ1) is 19.1. The minimum Gasteiger partial charge on any atom is -0.495 e. The molecular formula is C30H31N7O2. The molecule has 9 nitrogen and oxygen atoms in total. The third kappa shape index (κ3) is 4.95. The van der Waals surface area contributed by atoms with Gasteiger partial charge in [-0.1, -0.05) is 37.1 Å². The number of ether oxygens (including phenoxy) is 1. The standard InChI is InChI=1S/C30H31N7O2/c1-31-29(38)20-11-12-24(25(15-20)39-2)35-30-36-27-26(28(37-30)34-22-5-3-4-6-22)23(17-33-27)19-9-7-18(8-10-19)21-13-14-32-16-21/h7-15,17,22H,3-6,16H2,1-2H3,(H,31,38)(H3,33,34,35,36,37). The van der Waals surface area contributed by atoms with E-state index in [1.807, 2.05) is 12.4 Å². The number of hydrogen-bond donors (Lipinski definition) is 4. The molecule has 0 bridgehead atoms. The van der Waals surface area contributed by atoms with Gasteiger partial charge >= 0.3 is 0 Å². The predicted octanol–water partition coefficient (Wildman–Crippen LogP) is 5.56. The van der Waals surface area contributed by atoms with E-state index in [2.05, 4.69) is 56.3 Å². The maximum atomic E-state index is 12.1. The van der Waals surface area contributed by atoms with Crippen LogP contribution in [-0.4, -0.2) is 53.8 Å². The zero-order valence-electron chi connectivity index (χ0n) is 22.0. The van der Waals surface area contributed by atoms with Crippen LogP contribution in [0.25, 0.3) is 27.7 Å². The lowest BCUT2D eigenvalue weighted by Crippen LogP contribution is -2.18. The molecule has 0 spiro atoms. The number of benzene rings is 2. The number of aromatic amines is 1. The van der Waals surface area contributed by atoms with E-state index < -0.39 is 0 Å². The summed E-state index contributed by atoms with van der Waals surface area (Å²) in [5.41, 5.74) is 6.46. The van der Waals surface area contributed by atoms with Gasteiger partial charge < -0.3 is 25.7 Å². The van der Waals surface area contributed by atoms with Gasteiger partial charge in [0.2, 0.25) is 5.95 Å². The second-order valence-corrected chi connectivity index (χ2v) is 9.83. The molecule has 2 aromatic carbocycles. The van der Waals surface area contributed by atoms with Gasteiger partial charge in [-0.2, -0.15) is 9.97 Å². The molecule has 1 aliphatic heterocycles. The SMILES string of the molecule is CNC(=O)c1ccc(Nc2nc(NC3CCCC3)c3c(-c4ccc(C5=CC=NC5)cc4)c[nH]c3n2)c(OC)c1. The fourth-order valence-corrected chi connectivity index (χ4v) is 5.28. The molecule has 0 saturated heterocycles. The van der Waals surface area contributed by atoms with Gasteiger partial charge in [-0.15, -0.1) is 0 Å². The Balaban J connectivity index is 1.37. The maximum absolute atomic E-state index is 12.1. The highest BCUT2D eigenvalue weighted by atomic mass is 16.5. The van der Waals surface area contributed by atoms with Gasteiger partial charge in [0.25, 0.3) is 5.91 Å². The number of carbonyl (C=O) groups is 1. The number of aliphatic imine (C=N–C) groups is 1. The van der Waals surface area contributed by atoms with Gasteiger partial charge in [0, 0.05) is 36.6 Å². The molecule has 1 amide bonds. The first-order valence-corrected chi connectivity index (χ1v) is 13.3. The first kappa shape index (κ1) is 24.7. The summed E-state index contributed by atoms with van der Waals surface area (Å²) < 4.78 is 5.55. The van der Waals surface area contributed by atoms with Gasteiger partial charge in [-0.05, 0) is 53.8 Å². The molecule has 0 radical (unpaired) electrons. The smallest absolute Gasteiger partial charge is 0.251 e. The maximum Gasteiger partial charge on any atom is 0.251 e. The van der Waals surface area contributed by atoms with Crippen LogP contribution in [0.3, 0.4) is 0 Å². The molecule has 198 valence electrons. The van der Waals surface area contributed by atoms with E-state index in [0.29, 0.717) is 29.0 Å². The van der Waals surface area contributed by atoms with E-state index in [-0.39, 0.29) is 5.91 Å². The van der Waals surface area contributed by atoms with Crippen molar-refractivity contribution >= 4 is 46.2 Å². The Kier molecular flexibility index (Phi) is 6.71. The topological polar surface area (TPSA) is 116 Å². The van der Waals surface area contributed by atoms with Gasteiger partial charge in [-0.25, -0.2) is 0 Å². The Labute approximate surface area is 226 Å². The van der Waals surface area contributed by atoms with Crippen molar-refractivity contribution in [2.45, 2.75) is 31.7 Å². The van der Waals surface area contributed by atoms with Crippen molar-refractivity contribution in [3.8, 4) is 16.9 Å². The van der Waals surface area contributed by atoms with E-state index in [1.54, 1.807) is 32.4 Å². The van der Waals surface area contributed by atoms with Crippen LogP contribution in [0.2, 0.25) is 0 Å². The van der Waals surface area contributed by atoms with Gasteiger partial charge in [0.1, 0.15) is 17.2 Å². The van der Waals surface area contributed by atoms with Crippen molar-refractivity contribution < 1.29 is 9.53 Å². The lowest BCUT2D eigenvalue weighted by atomic mass is 10.0. The fourth-order valence-electron chi connectivity index (χ4n) is 5.28. The molecule has 1 aliphatic carbocycles. The van der Waals surface area contributed by atoms with Gasteiger partial charge in [0.05, 0.1) is 24.7 Å². The second kappa shape index (κ2) is 10.6. The second-order valence-electron chi connectivity index (χ2n) is 9.83. The Morgan fingerprint density at radius 3 is 2.56 bits per heavy atom. The Bertz CT molecular complexity index is 1580. The number of nitrogens with one attached hydrogen (secondary N) is 4. The van der Waals surface area contributed by atoms with Crippen molar-refractivity contribution in [2.24, 2.45) is 4.99 Å².